The van der Waals surface area contributed by atoms with Crippen LogP contribution < -0.4 is 5.32 Å². The summed E-state index contributed by atoms with van der Waals surface area (Å²) in [5.74, 6) is -0.137. The first-order valence-electron chi connectivity index (χ1n) is 7.10. The minimum absolute atomic E-state index is 0.137. The van der Waals surface area contributed by atoms with Crippen LogP contribution >= 0.6 is 27.3 Å². The fraction of sp³-hybridized carbons (Fsp3) is 0.188. The smallest absolute Gasteiger partial charge is 0.252 e. The summed E-state index contributed by atoms with van der Waals surface area (Å²) in [6.45, 7) is 3.16. The molecule has 0 aliphatic rings. The maximum absolute atomic E-state index is 12.1. The highest BCUT2D eigenvalue weighted by atomic mass is 79.9. The first-order chi connectivity index (χ1) is 11.1. The Morgan fingerprint density at radius 2 is 2.26 bits per heavy atom. The first-order valence-corrected chi connectivity index (χ1v) is 8.78. The molecule has 0 saturated carbocycles. The lowest BCUT2D eigenvalue weighted by atomic mass is 10.3. The van der Waals surface area contributed by atoms with E-state index in [1.165, 1.54) is 0 Å². The molecule has 5 nitrogen and oxygen atoms in total. The standard InChI is InChI=1S/C16H15BrN4OS/c1-11-7-14(15-3-2-6-23-15)20-21(11)5-4-19-16(22)12-8-13(17)10-18-9-12/h2-3,6-10H,4-5H2,1H3,(H,19,22). The Balaban J connectivity index is 1.60. The molecule has 118 valence electrons. The predicted octanol–water partition coefficient (Wildman–Crippen LogP) is 3.51. The van der Waals surface area contributed by atoms with E-state index in [1.807, 2.05) is 23.1 Å². The fourth-order valence-corrected chi connectivity index (χ4v) is 3.24. The van der Waals surface area contributed by atoms with E-state index < -0.39 is 0 Å². The molecule has 3 aromatic heterocycles. The summed E-state index contributed by atoms with van der Waals surface area (Å²) in [5, 5.41) is 9.52. The molecule has 3 heterocycles. The van der Waals surface area contributed by atoms with E-state index in [9.17, 15) is 4.79 Å². The van der Waals surface area contributed by atoms with Crippen LogP contribution in [0.25, 0.3) is 10.6 Å². The fourth-order valence-electron chi connectivity index (χ4n) is 2.19. The van der Waals surface area contributed by atoms with Crippen molar-refractivity contribution in [1.29, 1.82) is 0 Å². The largest absolute Gasteiger partial charge is 0.350 e. The zero-order valence-corrected chi connectivity index (χ0v) is 14.9. The Labute approximate surface area is 146 Å². The van der Waals surface area contributed by atoms with Gasteiger partial charge in [-0.15, -0.1) is 11.3 Å². The molecule has 3 rings (SSSR count). The van der Waals surface area contributed by atoms with Gasteiger partial charge >= 0.3 is 0 Å². The molecular weight excluding hydrogens is 376 g/mol. The molecule has 0 radical (unpaired) electrons. The van der Waals surface area contributed by atoms with Gasteiger partial charge < -0.3 is 5.32 Å². The van der Waals surface area contributed by atoms with Crippen molar-refractivity contribution < 1.29 is 4.79 Å². The Bertz CT molecular complexity index is 813. The number of rotatable bonds is 5. The SMILES string of the molecule is Cc1cc(-c2cccs2)nn1CCNC(=O)c1cncc(Br)c1. The molecule has 3 aromatic rings. The highest BCUT2D eigenvalue weighted by Crippen LogP contribution is 2.23. The van der Waals surface area contributed by atoms with Crippen LogP contribution in [0.5, 0.6) is 0 Å². The number of carbonyl (C=O) groups excluding carboxylic acids is 1. The highest BCUT2D eigenvalue weighted by molar-refractivity contribution is 9.10. The van der Waals surface area contributed by atoms with Crippen LogP contribution in [0.4, 0.5) is 0 Å². The average Bonchev–Trinajstić information content (AvgIpc) is 3.17. The second-order valence-corrected chi connectivity index (χ2v) is 6.88. The Morgan fingerprint density at radius 3 is 3.00 bits per heavy atom. The van der Waals surface area contributed by atoms with Crippen molar-refractivity contribution >= 4 is 33.2 Å². The summed E-state index contributed by atoms with van der Waals surface area (Å²) in [6.07, 6.45) is 3.20. The van der Waals surface area contributed by atoms with Crippen LogP contribution in [0.1, 0.15) is 16.1 Å². The van der Waals surface area contributed by atoms with Crippen molar-refractivity contribution in [2.45, 2.75) is 13.5 Å². The number of aromatic nitrogens is 3. The van der Waals surface area contributed by atoms with E-state index in [2.05, 4.69) is 43.5 Å². The minimum Gasteiger partial charge on any atom is -0.350 e. The lowest BCUT2D eigenvalue weighted by Gasteiger charge is -2.07. The molecule has 1 amide bonds. The zero-order valence-electron chi connectivity index (χ0n) is 12.5. The van der Waals surface area contributed by atoms with Crippen LogP contribution in [0, 0.1) is 6.92 Å². The van der Waals surface area contributed by atoms with E-state index in [0.29, 0.717) is 18.7 Å². The number of pyridine rings is 1. The number of nitrogens with zero attached hydrogens (tertiary/aromatic N) is 3. The summed E-state index contributed by atoms with van der Waals surface area (Å²) in [6, 6.07) is 7.88. The van der Waals surface area contributed by atoms with Crippen LogP contribution in [0.15, 0.2) is 46.5 Å². The Kier molecular flexibility index (Phi) is 4.88. The van der Waals surface area contributed by atoms with Crippen molar-refractivity contribution in [2.75, 3.05) is 6.54 Å². The molecule has 0 fully saturated rings. The Morgan fingerprint density at radius 1 is 1.39 bits per heavy atom. The van der Waals surface area contributed by atoms with E-state index in [4.69, 9.17) is 0 Å². The third-order valence-electron chi connectivity index (χ3n) is 3.33. The summed E-state index contributed by atoms with van der Waals surface area (Å²) < 4.78 is 2.70. The first kappa shape index (κ1) is 15.9. The van der Waals surface area contributed by atoms with E-state index in [0.717, 1.165) is 20.7 Å². The van der Waals surface area contributed by atoms with Crippen molar-refractivity contribution in [3.8, 4) is 10.6 Å². The monoisotopic (exact) mass is 390 g/mol. The number of aryl methyl sites for hydroxylation is 1. The van der Waals surface area contributed by atoms with Crippen LogP contribution in [-0.2, 0) is 6.54 Å². The maximum Gasteiger partial charge on any atom is 0.252 e. The topological polar surface area (TPSA) is 59.8 Å². The van der Waals surface area contributed by atoms with Gasteiger partial charge in [0.1, 0.15) is 5.69 Å². The van der Waals surface area contributed by atoms with Gasteiger partial charge in [0.2, 0.25) is 0 Å². The van der Waals surface area contributed by atoms with Gasteiger partial charge in [0.15, 0.2) is 0 Å². The van der Waals surface area contributed by atoms with E-state index >= 15 is 0 Å². The molecule has 0 unspecified atom stereocenters. The lowest BCUT2D eigenvalue weighted by molar-refractivity contribution is 0.0951. The van der Waals surface area contributed by atoms with Gasteiger partial charge in [-0.1, -0.05) is 6.07 Å². The second kappa shape index (κ2) is 7.06. The van der Waals surface area contributed by atoms with Crippen LogP contribution in [0.2, 0.25) is 0 Å². The number of amides is 1. The summed E-state index contributed by atoms with van der Waals surface area (Å²) >= 11 is 4.98. The molecule has 0 atom stereocenters. The van der Waals surface area contributed by atoms with Crippen molar-refractivity contribution in [1.82, 2.24) is 20.1 Å². The quantitative estimate of drug-likeness (QED) is 0.724. The normalized spacial score (nSPS) is 10.7. The number of nitrogens with one attached hydrogen (secondary N) is 1. The number of hydrogen-bond donors (Lipinski definition) is 1. The summed E-state index contributed by atoms with van der Waals surface area (Å²) in [5.41, 5.74) is 2.59. The lowest BCUT2D eigenvalue weighted by Crippen LogP contribution is -2.27. The molecule has 0 spiro atoms. The zero-order chi connectivity index (χ0) is 16.2. The predicted molar refractivity (Wildman–Crippen MR) is 94.5 cm³/mol. The molecule has 0 aliphatic heterocycles. The highest BCUT2D eigenvalue weighted by Gasteiger charge is 2.09. The second-order valence-electron chi connectivity index (χ2n) is 5.02. The van der Waals surface area contributed by atoms with Crippen LogP contribution in [0.3, 0.4) is 0 Å². The van der Waals surface area contributed by atoms with Gasteiger partial charge in [0, 0.05) is 29.1 Å². The van der Waals surface area contributed by atoms with Crippen molar-refractivity contribution in [2.24, 2.45) is 0 Å². The van der Waals surface area contributed by atoms with Gasteiger partial charge in [-0.25, -0.2) is 0 Å². The average molecular weight is 391 g/mol. The summed E-state index contributed by atoms with van der Waals surface area (Å²) in [4.78, 5) is 17.2. The molecule has 0 aromatic carbocycles. The number of thiophene rings is 1. The van der Waals surface area contributed by atoms with Gasteiger partial charge in [-0.3, -0.25) is 14.5 Å². The number of hydrogen-bond acceptors (Lipinski definition) is 4. The van der Waals surface area contributed by atoms with Crippen LogP contribution in [-0.4, -0.2) is 27.2 Å². The Hall–Kier alpha value is -1.99. The van der Waals surface area contributed by atoms with Gasteiger partial charge in [-0.2, -0.15) is 5.10 Å². The molecule has 0 saturated heterocycles. The molecule has 1 N–H and O–H groups in total. The van der Waals surface area contributed by atoms with Gasteiger partial charge in [0.05, 0.1) is 17.0 Å². The van der Waals surface area contributed by atoms with Gasteiger partial charge in [0.25, 0.3) is 5.91 Å². The molecular formula is C16H15BrN4OS. The van der Waals surface area contributed by atoms with Crippen molar-refractivity contribution in [3.05, 3.63) is 57.8 Å². The van der Waals surface area contributed by atoms with Crippen molar-refractivity contribution in [3.63, 3.8) is 0 Å². The molecule has 7 heteroatoms. The van der Waals surface area contributed by atoms with E-state index in [-0.39, 0.29) is 5.91 Å². The molecule has 0 bridgehead atoms. The molecule has 0 aliphatic carbocycles. The van der Waals surface area contributed by atoms with Gasteiger partial charge in [-0.05, 0) is 46.4 Å². The minimum atomic E-state index is -0.137. The molecule has 23 heavy (non-hydrogen) atoms. The third kappa shape index (κ3) is 3.86. The summed E-state index contributed by atoms with van der Waals surface area (Å²) in [7, 11) is 0. The number of halogens is 1. The number of carbonyl (C=O) groups is 1. The third-order valence-corrected chi connectivity index (χ3v) is 4.66. The van der Waals surface area contributed by atoms with E-state index in [1.54, 1.807) is 29.8 Å². The maximum atomic E-state index is 12.1.